The van der Waals surface area contributed by atoms with E-state index >= 15 is 0 Å². The molecule has 0 radical (unpaired) electrons. The molecule has 2 aromatic heterocycles. The van der Waals surface area contributed by atoms with Gasteiger partial charge in [-0.05, 0) is 51.1 Å². The minimum absolute atomic E-state index is 0.139. The summed E-state index contributed by atoms with van der Waals surface area (Å²) in [5.41, 5.74) is 4.68. The highest BCUT2D eigenvalue weighted by Crippen LogP contribution is 2.24. The van der Waals surface area contributed by atoms with Crippen LogP contribution >= 0.6 is 0 Å². The largest absolute Gasteiger partial charge is 0.308 e. The fourth-order valence-electron chi connectivity index (χ4n) is 2.29. The molecule has 1 atom stereocenters. The number of hydrogen-bond donors (Lipinski definition) is 1. The zero-order valence-electron chi connectivity index (χ0n) is 11.4. The molecule has 0 aliphatic rings. The molecule has 0 aromatic carbocycles. The Balaban J connectivity index is 2.48. The molecular formula is C14H20N4. The molecule has 0 bridgehead atoms. The van der Waals surface area contributed by atoms with Crippen LogP contribution in [0.2, 0.25) is 0 Å². The summed E-state index contributed by atoms with van der Waals surface area (Å²) in [5.74, 6) is 0. The average Bonchev–Trinajstić information content (AvgIpc) is 2.74. The van der Waals surface area contributed by atoms with Gasteiger partial charge in [0.1, 0.15) is 0 Å². The maximum absolute atomic E-state index is 4.51. The van der Waals surface area contributed by atoms with E-state index in [1.807, 2.05) is 37.1 Å². The first-order valence-corrected chi connectivity index (χ1v) is 6.29. The van der Waals surface area contributed by atoms with Crippen molar-refractivity contribution in [3.63, 3.8) is 0 Å². The number of aromatic nitrogens is 3. The maximum Gasteiger partial charge on any atom is 0.0763 e. The van der Waals surface area contributed by atoms with Crippen LogP contribution < -0.4 is 5.32 Å². The molecule has 0 amide bonds. The fraction of sp³-hybridized carbons (Fsp3) is 0.429. The van der Waals surface area contributed by atoms with Gasteiger partial charge in [0, 0.05) is 18.9 Å². The monoisotopic (exact) mass is 244 g/mol. The van der Waals surface area contributed by atoms with Gasteiger partial charge in [0.2, 0.25) is 0 Å². The van der Waals surface area contributed by atoms with Crippen LogP contribution in [0.4, 0.5) is 0 Å². The van der Waals surface area contributed by atoms with E-state index in [1.54, 1.807) is 0 Å². The second kappa shape index (κ2) is 5.31. The van der Waals surface area contributed by atoms with Crippen LogP contribution in [0.3, 0.4) is 0 Å². The lowest BCUT2D eigenvalue weighted by Gasteiger charge is -2.19. The molecule has 0 spiro atoms. The van der Waals surface area contributed by atoms with Gasteiger partial charge in [-0.1, -0.05) is 0 Å². The zero-order chi connectivity index (χ0) is 13.1. The highest BCUT2D eigenvalue weighted by Gasteiger charge is 2.19. The summed E-state index contributed by atoms with van der Waals surface area (Å²) in [6.07, 6.45) is 3.76. The van der Waals surface area contributed by atoms with E-state index in [2.05, 4.69) is 35.3 Å². The van der Waals surface area contributed by atoms with Crippen LogP contribution in [0, 0.1) is 13.8 Å². The first-order valence-electron chi connectivity index (χ1n) is 6.29. The van der Waals surface area contributed by atoms with Gasteiger partial charge < -0.3 is 5.32 Å². The molecule has 0 fully saturated rings. The van der Waals surface area contributed by atoms with Crippen molar-refractivity contribution in [2.24, 2.45) is 0 Å². The lowest BCUT2D eigenvalue weighted by Crippen LogP contribution is -2.22. The van der Waals surface area contributed by atoms with Gasteiger partial charge in [0.15, 0.2) is 0 Å². The van der Waals surface area contributed by atoms with Crippen molar-refractivity contribution in [2.75, 3.05) is 7.05 Å². The van der Waals surface area contributed by atoms with E-state index in [0.717, 1.165) is 12.2 Å². The molecule has 0 aliphatic carbocycles. The van der Waals surface area contributed by atoms with Crippen LogP contribution in [0.5, 0.6) is 0 Å². The summed E-state index contributed by atoms with van der Waals surface area (Å²) in [6.45, 7) is 7.12. The van der Waals surface area contributed by atoms with E-state index in [4.69, 9.17) is 0 Å². The van der Waals surface area contributed by atoms with Crippen molar-refractivity contribution in [1.82, 2.24) is 20.1 Å². The number of rotatable bonds is 4. The van der Waals surface area contributed by atoms with E-state index in [-0.39, 0.29) is 6.04 Å². The first kappa shape index (κ1) is 12.8. The van der Waals surface area contributed by atoms with Gasteiger partial charge >= 0.3 is 0 Å². The van der Waals surface area contributed by atoms with Crippen molar-refractivity contribution in [3.8, 4) is 0 Å². The third-order valence-corrected chi connectivity index (χ3v) is 3.21. The average molecular weight is 244 g/mol. The molecule has 0 saturated heterocycles. The third kappa shape index (κ3) is 2.29. The molecule has 4 heteroatoms. The molecule has 2 aromatic rings. The van der Waals surface area contributed by atoms with E-state index in [9.17, 15) is 0 Å². The Bertz CT molecular complexity index is 530. The lowest BCUT2D eigenvalue weighted by molar-refractivity contribution is 0.559. The Morgan fingerprint density at radius 3 is 2.78 bits per heavy atom. The van der Waals surface area contributed by atoms with Gasteiger partial charge in [-0.2, -0.15) is 5.10 Å². The Morgan fingerprint density at radius 2 is 2.17 bits per heavy atom. The van der Waals surface area contributed by atoms with Crippen molar-refractivity contribution in [2.45, 2.75) is 33.4 Å². The number of nitrogens with one attached hydrogen (secondary N) is 1. The van der Waals surface area contributed by atoms with Crippen LogP contribution in [0.15, 0.2) is 24.5 Å². The highest BCUT2D eigenvalue weighted by molar-refractivity contribution is 5.32. The van der Waals surface area contributed by atoms with Gasteiger partial charge in [-0.3, -0.25) is 9.67 Å². The Kier molecular flexibility index (Phi) is 3.77. The Morgan fingerprint density at radius 1 is 1.39 bits per heavy atom. The minimum atomic E-state index is 0.139. The SMILES string of the molecule is CCn1nc(C)cc1C(NC)c1cnccc1C. The summed E-state index contributed by atoms with van der Waals surface area (Å²) in [7, 11) is 1.97. The Hall–Kier alpha value is -1.68. The topological polar surface area (TPSA) is 42.7 Å². The van der Waals surface area contributed by atoms with E-state index in [1.165, 1.54) is 16.8 Å². The van der Waals surface area contributed by atoms with Gasteiger partial charge in [-0.15, -0.1) is 0 Å². The minimum Gasteiger partial charge on any atom is -0.308 e. The zero-order valence-corrected chi connectivity index (χ0v) is 11.4. The Labute approximate surface area is 108 Å². The molecule has 2 heterocycles. The molecule has 1 unspecified atom stereocenters. The second-order valence-electron chi connectivity index (χ2n) is 4.48. The first-order chi connectivity index (χ1) is 8.67. The maximum atomic E-state index is 4.51. The predicted octanol–water partition coefficient (Wildman–Crippen LogP) is 2.22. The number of hydrogen-bond acceptors (Lipinski definition) is 3. The fourth-order valence-corrected chi connectivity index (χ4v) is 2.29. The second-order valence-corrected chi connectivity index (χ2v) is 4.48. The van der Waals surface area contributed by atoms with Crippen LogP contribution in [-0.4, -0.2) is 21.8 Å². The molecule has 2 rings (SSSR count). The summed E-state index contributed by atoms with van der Waals surface area (Å²) in [6, 6.07) is 4.32. The van der Waals surface area contributed by atoms with Crippen molar-refractivity contribution >= 4 is 0 Å². The summed E-state index contributed by atoms with van der Waals surface area (Å²) >= 11 is 0. The summed E-state index contributed by atoms with van der Waals surface area (Å²) in [5, 5.41) is 7.87. The molecule has 18 heavy (non-hydrogen) atoms. The molecule has 0 aliphatic heterocycles. The normalized spacial score (nSPS) is 12.7. The van der Waals surface area contributed by atoms with E-state index in [0.29, 0.717) is 0 Å². The molecular weight excluding hydrogens is 224 g/mol. The van der Waals surface area contributed by atoms with Gasteiger partial charge in [-0.25, -0.2) is 0 Å². The van der Waals surface area contributed by atoms with Crippen LogP contribution in [0.1, 0.15) is 35.5 Å². The number of aryl methyl sites for hydroxylation is 3. The molecule has 0 saturated carbocycles. The molecule has 96 valence electrons. The predicted molar refractivity (Wildman–Crippen MR) is 72.5 cm³/mol. The van der Waals surface area contributed by atoms with Crippen molar-refractivity contribution < 1.29 is 0 Å². The van der Waals surface area contributed by atoms with Gasteiger partial charge in [0.05, 0.1) is 17.4 Å². The quantitative estimate of drug-likeness (QED) is 0.896. The smallest absolute Gasteiger partial charge is 0.0763 e. The van der Waals surface area contributed by atoms with Gasteiger partial charge in [0.25, 0.3) is 0 Å². The molecule has 4 nitrogen and oxygen atoms in total. The molecule has 1 N–H and O–H groups in total. The number of nitrogens with zero attached hydrogens (tertiary/aromatic N) is 3. The third-order valence-electron chi connectivity index (χ3n) is 3.21. The van der Waals surface area contributed by atoms with Crippen LogP contribution in [-0.2, 0) is 6.54 Å². The number of pyridine rings is 1. The lowest BCUT2D eigenvalue weighted by atomic mass is 10.0. The summed E-state index contributed by atoms with van der Waals surface area (Å²) < 4.78 is 2.04. The van der Waals surface area contributed by atoms with Crippen molar-refractivity contribution in [1.29, 1.82) is 0 Å². The standard InChI is InChI=1S/C14H20N4/c1-5-18-13(8-11(3)17-18)14(15-4)12-9-16-7-6-10(12)2/h6-9,14-15H,5H2,1-4H3. The van der Waals surface area contributed by atoms with Crippen molar-refractivity contribution in [3.05, 3.63) is 47.0 Å². The van der Waals surface area contributed by atoms with Crippen LogP contribution in [0.25, 0.3) is 0 Å². The van der Waals surface area contributed by atoms with E-state index < -0.39 is 0 Å². The highest BCUT2D eigenvalue weighted by atomic mass is 15.3. The summed E-state index contributed by atoms with van der Waals surface area (Å²) in [4.78, 5) is 4.23.